The maximum absolute atomic E-state index is 11.9. The van der Waals surface area contributed by atoms with Crippen molar-refractivity contribution in [2.75, 3.05) is 13.1 Å². The summed E-state index contributed by atoms with van der Waals surface area (Å²) >= 11 is 0. The highest BCUT2D eigenvalue weighted by molar-refractivity contribution is 5.76. The lowest BCUT2D eigenvalue weighted by Crippen LogP contribution is -2.31. The minimum atomic E-state index is 0.161. The van der Waals surface area contributed by atoms with Crippen LogP contribution in [-0.2, 0) is 9.59 Å². The number of unbranched alkanes of at least 4 members (excludes halogenated alkanes) is 1. The van der Waals surface area contributed by atoms with Gasteiger partial charge in [0.05, 0.1) is 0 Å². The van der Waals surface area contributed by atoms with Gasteiger partial charge in [0.1, 0.15) is 5.78 Å². The summed E-state index contributed by atoms with van der Waals surface area (Å²) in [5.74, 6) is 3.70. The van der Waals surface area contributed by atoms with Crippen LogP contribution in [-0.4, -0.2) is 24.8 Å². The van der Waals surface area contributed by atoms with E-state index in [1.807, 2.05) is 0 Å². The van der Waals surface area contributed by atoms with Gasteiger partial charge in [0, 0.05) is 19.4 Å². The zero-order valence-corrected chi connectivity index (χ0v) is 17.5. The molecule has 3 N–H and O–H groups in total. The lowest BCUT2D eigenvalue weighted by atomic mass is 9.75. The Morgan fingerprint density at radius 2 is 1.26 bits per heavy atom. The molecular formula is C23H42N2O2. The molecule has 2 aliphatic carbocycles. The Morgan fingerprint density at radius 3 is 1.78 bits per heavy atom. The number of carbonyl (C=O) groups excluding carboxylic acids is 2. The van der Waals surface area contributed by atoms with E-state index >= 15 is 0 Å². The highest BCUT2D eigenvalue weighted by Crippen LogP contribution is 2.36. The van der Waals surface area contributed by atoms with Crippen LogP contribution in [0.4, 0.5) is 0 Å². The number of nitrogens with one attached hydrogen (secondary N) is 1. The van der Waals surface area contributed by atoms with Crippen LogP contribution in [0.1, 0.15) is 96.8 Å². The third-order valence-corrected chi connectivity index (χ3v) is 7.02. The molecule has 2 rings (SSSR count). The van der Waals surface area contributed by atoms with Crippen LogP contribution in [0.3, 0.4) is 0 Å². The number of rotatable bonds is 11. The molecule has 2 fully saturated rings. The Bertz CT molecular complexity index is 436. The summed E-state index contributed by atoms with van der Waals surface area (Å²) in [7, 11) is 0. The van der Waals surface area contributed by atoms with Gasteiger partial charge in [-0.1, -0.05) is 38.5 Å². The van der Waals surface area contributed by atoms with Crippen LogP contribution in [0.2, 0.25) is 0 Å². The largest absolute Gasteiger partial charge is 0.356 e. The first-order chi connectivity index (χ1) is 13.1. The SMILES string of the molecule is CC(=O)CCCCC(=O)NCC1CCC(CCC2CCC(CN)CC2)CC1. The molecule has 1 amide bonds. The molecule has 4 nitrogen and oxygen atoms in total. The molecule has 0 atom stereocenters. The topological polar surface area (TPSA) is 72.2 Å². The van der Waals surface area contributed by atoms with E-state index in [2.05, 4.69) is 5.32 Å². The van der Waals surface area contributed by atoms with Gasteiger partial charge in [-0.05, 0) is 75.7 Å². The van der Waals surface area contributed by atoms with E-state index in [-0.39, 0.29) is 11.7 Å². The number of ketones is 1. The van der Waals surface area contributed by atoms with E-state index in [0.717, 1.165) is 43.7 Å². The van der Waals surface area contributed by atoms with Gasteiger partial charge < -0.3 is 15.8 Å². The molecule has 0 saturated heterocycles. The minimum Gasteiger partial charge on any atom is -0.356 e. The predicted molar refractivity (Wildman–Crippen MR) is 111 cm³/mol. The van der Waals surface area contributed by atoms with Crippen molar-refractivity contribution in [1.82, 2.24) is 5.32 Å². The molecule has 0 aromatic rings. The van der Waals surface area contributed by atoms with E-state index in [4.69, 9.17) is 5.73 Å². The van der Waals surface area contributed by atoms with Crippen LogP contribution < -0.4 is 11.1 Å². The minimum absolute atomic E-state index is 0.161. The summed E-state index contributed by atoms with van der Waals surface area (Å²) in [5, 5.41) is 3.11. The summed E-state index contributed by atoms with van der Waals surface area (Å²) in [6.07, 6.45) is 16.4. The number of hydrogen-bond acceptors (Lipinski definition) is 3. The van der Waals surface area contributed by atoms with E-state index in [0.29, 0.717) is 18.8 Å². The first-order valence-corrected chi connectivity index (χ1v) is 11.5. The number of amides is 1. The molecule has 0 aromatic carbocycles. The highest BCUT2D eigenvalue weighted by Gasteiger charge is 2.24. The normalized spacial score (nSPS) is 28.7. The maximum atomic E-state index is 11.9. The van der Waals surface area contributed by atoms with Crippen molar-refractivity contribution in [3.8, 4) is 0 Å². The molecule has 0 aliphatic heterocycles. The van der Waals surface area contributed by atoms with E-state index in [9.17, 15) is 9.59 Å². The molecule has 4 heteroatoms. The summed E-state index contributed by atoms with van der Waals surface area (Å²) < 4.78 is 0. The van der Waals surface area contributed by atoms with Gasteiger partial charge in [0.15, 0.2) is 0 Å². The van der Waals surface area contributed by atoms with Gasteiger partial charge in [0.2, 0.25) is 5.91 Å². The van der Waals surface area contributed by atoms with Crippen LogP contribution in [0.25, 0.3) is 0 Å². The standard InChI is InChI=1S/C23H42N2O2/c1-18(26)4-2-3-5-23(27)25-17-22-14-10-20(11-15-22)7-6-19-8-12-21(16-24)13-9-19/h19-22H,2-17,24H2,1H3,(H,25,27). The van der Waals surface area contributed by atoms with E-state index in [1.54, 1.807) is 6.92 Å². The molecule has 27 heavy (non-hydrogen) atoms. The van der Waals surface area contributed by atoms with Crippen molar-refractivity contribution < 1.29 is 9.59 Å². The van der Waals surface area contributed by atoms with Crippen molar-refractivity contribution in [3.63, 3.8) is 0 Å². The van der Waals surface area contributed by atoms with Gasteiger partial charge in [-0.15, -0.1) is 0 Å². The third-order valence-electron chi connectivity index (χ3n) is 7.02. The third kappa shape index (κ3) is 9.23. The van der Waals surface area contributed by atoms with Gasteiger partial charge in [-0.25, -0.2) is 0 Å². The molecule has 2 saturated carbocycles. The number of hydrogen-bond donors (Lipinski definition) is 2. The second kappa shape index (κ2) is 12.5. The van der Waals surface area contributed by atoms with Crippen LogP contribution >= 0.6 is 0 Å². The Hall–Kier alpha value is -0.900. The summed E-state index contributed by atoms with van der Waals surface area (Å²) in [5.41, 5.74) is 5.80. The molecule has 0 bridgehead atoms. The molecule has 0 radical (unpaired) electrons. The van der Waals surface area contributed by atoms with Gasteiger partial charge in [-0.3, -0.25) is 4.79 Å². The zero-order valence-electron chi connectivity index (χ0n) is 17.5. The number of Topliss-reactive ketones (excluding diaryl/α,β-unsaturated/α-hetero) is 1. The second-order valence-electron chi connectivity index (χ2n) is 9.30. The first-order valence-electron chi connectivity index (χ1n) is 11.5. The van der Waals surface area contributed by atoms with Crippen molar-refractivity contribution in [3.05, 3.63) is 0 Å². The van der Waals surface area contributed by atoms with E-state index < -0.39 is 0 Å². The molecule has 2 aliphatic rings. The number of nitrogens with two attached hydrogens (primary N) is 1. The first kappa shape index (κ1) is 22.4. The zero-order chi connectivity index (χ0) is 19.5. The highest BCUT2D eigenvalue weighted by atomic mass is 16.1. The quantitative estimate of drug-likeness (QED) is 0.516. The average molecular weight is 379 g/mol. The van der Waals surface area contributed by atoms with Gasteiger partial charge >= 0.3 is 0 Å². The molecule has 0 heterocycles. The number of carbonyl (C=O) groups is 2. The van der Waals surface area contributed by atoms with Crippen LogP contribution in [0.15, 0.2) is 0 Å². The van der Waals surface area contributed by atoms with Crippen LogP contribution in [0.5, 0.6) is 0 Å². The Labute approximate surface area is 166 Å². The van der Waals surface area contributed by atoms with Crippen molar-refractivity contribution >= 4 is 11.7 Å². The Kier molecular flexibility index (Phi) is 10.4. The Balaban J connectivity index is 1.49. The van der Waals surface area contributed by atoms with Gasteiger partial charge in [-0.2, -0.15) is 0 Å². The smallest absolute Gasteiger partial charge is 0.220 e. The van der Waals surface area contributed by atoms with Crippen molar-refractivity contribution in [1.29, 1.82) is 0 Å². The molecule has 0 unspecified atom stereocenters. The molecule has 0 aromatic heterocycles. The van der Waals surface area contributed by atoms with Gasteiger partial charge in [0.25, 0.3) is 0 Å². The lowest BCUT2D eigenvalue weighted by molar-refractivity contribution is -0.122. The van der Waals surface area contributed by atoms with Crippen molar-refractivity contribution in [2.45, 2.75) is 96.8 Å². The summed E-state index contributed by atoms with van der Waals surface area (Å²) in [4.78, 5) is 22.8. The Morgan fingerprint density at radius 1 is 0.778 bits per heavy atom. The lowest BCUT2D eigenvalue weighted by Gasteiger charge is -2.31. The van der Waals surface area contributed by atoms with Crippen LogP contribution in [0, 0.1) is 23.7 Å². The predicted octanol–water partition coefficient (Wildman–Crippen LogP) is 4.60. The van der Waals surface area contributed by atoms with Crippen molar-refractivity contribution in [2.24, 2.45) is 29.4 Å². The monoisotopic (exact) mass is 378 g/mol. The molecular weight excluding hydrogens is 336 g/mol. The fourth-order valence-corrected chi connectivity index (χ4v) is 4.96. The van der Waals surface area contributed by atoms with E-state index in [1.165, 1.54) is 64.2 Å². The summed E-state index contributed by atoms with van der Waals surface area (Å²) in [6.45, 7) is 3.34. The fourth-order valence-electron chi connectivity index (χ4n) is 4.96. The molecule has 156 valence electrons. The summed E-state index contributed by atoms with van der Waals surface area (Å²) in [6, 6.07) is 0. The second-order valence-corrected chi connectivity index (χ2v) is 9.30. The fraction of sp³-hybridized carbons (Fsp3) is 0.913. The molecule has 0 spiro atoms. The maximum Gasteiger partial charge on any atom is 0.220 e. The average Bonchev–Trinajstić information content (AvgIpc) is 2.69.